The summed E-state index contributed by atoms with van der Waals surface area (Å²) in [6.07, 6.45) is 2.05. The summed E-state index contributed by atoms with van der Waals surface area (Å²) in [5.41, 5.74) is 1.99. The fourth-order valence-electron chi connectivity index (χ4n) is 1.36. The standard InChI is InChI=1S/C11H10ClNS/c1-7-5-8-3-4-9(14-2)6-10(8)13-11(7)12/h3-6H,1-2H3. The van der Waals surface area contributed by atoms with Gasteiger partial charge in [0.1, 0.15) is 5.15 Å². The largest absolute Gasteiger partial charge is 0.236 e. The number of benzene rings is 1. The average Bonchev–Trinajstić information content (AvgIpc) is 2.19. The van der Waals surface area contributed by atoms with Crippen molar-refractivity contribution in [1.29, 1.82) is 0 Å². The Morgan fingerprint density at radius 1 is 1.29 bits per heavy atom. The molecular weight excluding hydrogens is 214 g/mol. The van der Waals surface area contributed by atoms with Crippen molar-refractivity contribution in [2.75, 3.05) is 6.26 Å². The SMILES string of the molecule is CSc1ccc2cc(C)c(Cl)nc2c1. The van der Waals surface area contributed by atoms with Gasteiger partial charge in [0.2, 0.25) is 0 Å². The van der Waals surface area contributed by atoms with Gasteiger partial charge < -0.3 is 0 Å². The van der Waals surface area contributed by atoms with Crippen LogP contribution in [0.4, 0.5) is 0 Å². The van der Waals surface area contributed by atoms with Crippen molar-refractivity contribution in [1.82, 2.24) is 4.98 Å². The van der Waals surface area contributed by atoms with Crippen molar-refractivity contribution in [2.24, 2.45) is 0 Å². The summed E-state index contributed by atoms with van der Waals surface area (Å²) in [7, 11) is 0. The molecule has 14 heavy (non-hydrogen) atoms. The first-order valence-electron chi connectivity index (χ1n) is 4.31. The van der Waals surface area contributed by atoms with Crippen LogP contribution in [-0.4, -0.2) is 11.2 Å². The van der Waals surface area contributed by atoms with Gasteiger partial charge in [0.05, 0.1) is 5.52 Å². The van der Waals surface area contributed by atoms with E-state index in [0.29, 0.717) is 5.15 Å². The number of fused-ring (bicyclic) bond motifs is 1. The molecule has 1 nitrogen and oxygen atoms in total. The van der Waals surface area contributed by atoms with Crippen molar-refractivity contribution in [2.45, 2.75) is 11.8 Å². The maximum absolute atomic E-state index is 5.97. The minimum absolute atomic E-state index is 0.593. The van der Waals surface area contributed by atoms with Gasteiger partial charge in [-0.1, -0.05) is 17.7 Å². The fourth-order valence-corrected chi connectivity index (χ4v) is 1.94. The van der Waals surface area contributed by atoms with E-state index in [1.165, 1.54) is 4.90 Å². The average molecular weight is 224 g/mol. The van der Waals surface area contributed by atoms with Crippen molar-refractivity contribution < 1.29 is 0 Å². The van der Waals surface area contributed by atoms with Gasteiger partial charge in [0.15, 0.2) is 0 Å². The first kappa shape index (κ1) is 9.81. The quantitative estimate of drug-likeness (QED) is 0.537. The number of rotatable bonds is 1. The van der Waals surface area contributed by atoms with E-state index in [-0.39, 0.29) is 0 Å². The van der Waals surface area contributed by atoms with Crippen LogP contribution in [0.1, 0.15) is 5.56 Å². The van der Waals surface area contributed by atoms with Crippen molar-refractivity contribution in [3.63, 3.8) is 0 Å². The number of aryl methyl sites for hydroxylation is 1. The highest BCUT2D eigenvalue weighted by molar-refractivity contribution is 7.98. The van der Waals surface area contributed by atoms with E-state index in [2.05, 4.69) is 35.5 Å². The smallest absolute Gasteiger partial charge is 0.132 e. The van der Waals surface area contributed by atoms with Crippen LogP contribution in [-0.2, 0) is 0 Å². The molecule has 0 fully saturated rings. The van der Waals surface area contributed by atoms with Crippen molar-refractivity contribution >= 4 is 34.3 Å². The van der Waals surface area contributed by atoms with Gasteiger partial charge >= 0.3 is 0 Å². The highest BCUT2D eigenvalue weighted by Crippen LogP contribution is 2.24. The molecule has 0 unspecified atom stereocenters. The molecule has 0 amide bonds. The number of halogens is 1. The third kappa shape index (κ3) is 1.72. The molecule has 2 rings (SSSR count). The second kappa shape index (κ2) is 3.79. The highest BCUT2D eigenvalue weighted by Gasteiger charge is 2.01. The third-order valence-electron chi connectivity index (χ3n) is 2.15. The van der Waals surface area contributed by atoms with Crippen molar-refractivity contribution in [3.8, 4) is 0 Å². The van der Waals surface area contributed by atoms with Crippen LogP contribution in [0.5, 0.6) is 0 Å². The van der Waals surface area contributed by atoms with Crippen LogP contribution in [0.25, 0.3) is 10.9 Å². The van der Waals surface area contributed by atoms with E-state index in [1.54, 1.807) is 11.8 Å². The Morgan fingerprint density at radius 3 is 2.79 bits per heavy atom. The second-order valence-electron chi connectivity index (χ2n) is 3.15. The number of nitrogens with zero attached hydrogens (tertiary/aromatic N) is 1. The van der Waals surface area contributed by atoms with E-state index in [1.807, 2.05) is 6.92 Å². The molecule has 1 aromatic heterocycles. The van der Waals surface area contributed by atoms with Crippen molar-refractivity contribution in [3.05, 3.63) is 35.0 Å². The molecule has 72 valence electrons. The molecule has 0 radical (unpaired) electrons. The molecule has 0 saturated heterocycles. The third-order valence-corrected chi connectivity index (χ3v) is 3.26. The first-order valence-corrected chi connectivity index (χ1v) is 5.92. The molecule has 0 aliphatic heterocycles. The molecular formula is C11H10ClNS. The summed E-state index contributed by atoms with van der Waals surface area (Å²) in [6.45, 7) is 1.97. The lowest BCUT2D eigenvalue weighted by Gasteiger charge is -2.03. The monoisotopic (exact) mass is 223 g/mol. The Morgan fingerprint density at radius 2 is 2.07 bits per heavy atom. The second-order valence-corrected chi connectivity index (χ2v) is 4.39. The predicted octanol–water partition coefficient (Wildman–Crippen LogP) is 3.92. The number of thioether (sulfide) groups is 1. The molecule has 1 heterocycles. The van der Waals surface area contributed by atoms with E-state index >= 15 is 0 Å². The molecule has 0 N–H and O–H groups in total. The summed E-state index contributed by atoms with van der Waals surface area (Å²) >= 11 is 7.68. The van der Waals surface area contributed by atoms with Gasteiger partial charge in [-0.25, -0.2) is 4.98 Å². The number of hydrogen-bond acceptors (Lipinski definition) is 2. The van der Waals surface area contributed by atoms with Crippen LogP contribution in [0, 0.1) is 6.92 Å². The van der Waals surface area contributed by atoms with Gasteiger partial charge in [-0.3, -0.25) is 0 Å². The zero-order valence-corrected chi connectivity index (χ0v) is 9.62. The van der Waals surface area contributed by atoms with E-state index in [9.17, 15) is 0 Å². The molecule has 2 aromatic rings. The van der Waals surface area contributed by atoms with Crippen LogP contribution >= 0.6 is 23.4 Å². The molecule has 0 atom stereocenters. The van der Waals surface area contributed by atoms with E-state index in [0.717, 1.165) is 16.5 Å². The lowest BCUT2D eigenvalue weighted by molar-refractivity contribution is 1.32. The molecule has 1 aromatic carbocycles. The molecule has 0 spiro atoms. The summed E-state index contributed by atoms with van der Waals surface area (Å²) < 4.78 is 0. The van der Waals surface area contributed by atoms with Gasteiger partial charge in [0, 0.05) is 10.3 Å². The minimum atomic E-state index is 0.593. The zero-order valence-electron chi connectivity index (χ0n) is 8.04. The van der Waals surface area contributed by atoms with Gasteiger partial charge in [-0.2, -0.15) is 0 Å². The Balaban J connectivity index is 2.70. The Hall–Kier alpha value is -0.730. The van der Waals surface area contributed by atoms with Gasteiger partial charge in [-0.05, 0) is 36.9 Å². The van der Waals surface area contributed by atoms with Crippen LogP contribution in [0.2, 0.25) is 5.15 Å². The van der Waals surface area contributed by atoms with Crippen LogP contribution < -0.4 is 0 Å². The molecule has 0 saturated carbocycles. The van der Waals surface area contributed by atoms with Crippen LogP contribution in [0.3, 0.4) is 0 Å². The lowest BCUT2D eigenvalue weighted by Crippen LogP contribution is -1.84. The number of aromatic nitrogens is 1. The maximum Gasteiger partial charge on any atom is 0.132 e. The Bertz CT molecular complexity index is 482. The van der Waals surface area contributed by atoms with Gasteiger partial charge in [-0.15, -0.1) is 11.8 Å². The summed E-state index contributed by atoms with van der Waals surface area (Å²) in [6, 6.07) is 8.31. The predicted molar refractivity (Wildman–Crippen MR) is 63.3 cm³/mol. The number of pyridine rings is 1. The molecule has 0 aliphatic carbocycles. The highest BCUT2D eigenvalue weighted by atomic mass is 35.5. The lowest BCUT2D eigenvalue weighted by atomic mass is 10.2. The minimum Gasteiger partial charge on any atom is -0.236 e. The normalized spacial score (nSPS) is 10.8. The summed E-state index contributed by atoms with van der Waals surface area (Å²) in [4.78, 5) is 5.55. The maximum atomic E-state index is 5.97. The molecule has 0 bridgehead atoms. The van der Waals surface area contributed by atoms with E-state index in [4.69, 9.17) is 11.6 Å². The van der Waals surface area contributed by atoms with Crippen LogP contribution in [0.15, 0.2) is 29.2 Å². The van der Waals surface area contributed by atoms with Gasteiger partial charge in [0.25, 0.3) is 0 Å². The van der Waals surface area contributed by atoms with E-state index < -0.39 is 0 Å². The Kier molecular flexibility index (Phi) is 2.66. The first-order chi connectivity index (χ1) is 6.70. The topological polar surface area (TPSA) is 12.9 Å². The molecule has 3 heteroatoms. The number of hydrogen-bond donors (Lipinski definition) is 0. The fraction of sp³-hybridized carbons (Fsp3) is 0.182. The summed E-state index contributed by atoms with van der Waals surface area (Å²) in [5.74, 6) is 0. The summed E-state index contributed by atoms with van der Waals surface area (Å²) in [5, 5.41) is 1.74. The zero-order chi connectivity index (χ0) is 10.1. The molecule has 0 aliphatic rings. The Labute approximate surface area is 92.5 Å².